The second kappa shape index (κ2) is 14.1. The van der Waals surface area contributed by atoms with Crippen molar-refractivity contribution in [3.05, 3.63) is 75.7 Å². The predicted octanol–water partition coefficient (Wildman–Crippen LogP) is 4.09. The molecule has 0 spiro atoms. The molecule has 0 bridgehead atoms. The minimum Gasteiger partial charge on any atom is -0.399 e. The van der Waals surface area contributed by atoms with Crippen LogP contribution in [0.2, 0.25) is 0 Å². The van der Waals surface area contributed by atoms with Gasteiger partial charge < -0.3 is 26.5 Å². The highest BCUT2D eigenvalue weighted by Gasteiger charge is 2.28. The van der Waals surface area contributed by atoms with Crippen LogP contribution in [0.15, 0.2) is 63.6 Å². The lowest BCUT2D eigenvalue weighted by molar-refractivity contribution is -0.121. The van der Waals surface area contributed by atoms with Crippen LogP contribution in [0.25, 0.3) is 11.3 Å². The number of carbonyl (C=O) groups is 2. The summed E-state index contributed by atoms with van der Waals surface area (Å²) in [5, 5.41) is 12.7. The molecule has 2 amide bonds. The second-order valence-corrected chi connectivity index (χ2v) is 13.0. The highest BCUT2D eigenvalue weighted by Crippen LogP contribution is 2.25. The number of nitrogens with two attached hydrogens (primary N) is 1. The smallest absolute Gasteiger partial charge is 0.294 e. The molecule has 0 fully saturated rings. The maximum Gasteiger partial charge on any atom is 0.294 e. The molecule has 12 nitrogen and oxygen atoms in total. The van der Waals surface area contributed by atoms with Gasteiger partial charge in [0.05, 0.1) is 17.6 Å². The first kappa shape index (κ1) is 33.5. The Morgan fingerprint density at radius 2 is 1.78 bits per heavy atom. The molecule has 4 rings (SSSR count). The Kier molecular flexibility index (Phi) is 10.5. The van der Waals surface area contributed by atoms with Crippen molar-refractivity contribution >= 4 is 58.1 Å². The number of halogens is 2. The van der Waals surface area contributed by atoms with Crippen LogP contribution in [0, 0.1) is 0 Å². The minimum absolute atomic E-state index is 0.0715. The van der Waals surface area contributed by atoms with Crippen LogP contribution in [0.3, 0.4) is 0 Å². The van der Waals surface area contributed by atoms with Gasteiger partial charge in [-0.25, -0.2) is 9.98 Å². The number of aliphatic imine (C=N–C) groups is 1. The van der Waals surface area contributed by atoms with Gasteiger partial charge in [0.2, 0.25) is 5.91 Å². The minimum atomic E-state index is -1.19. The topological polar surface area (TPSA) is 165 Å². The second-order valence-electron chi connectivity index (χ2n) is 11.3. The number of anilines is 2. The SMILES string of the molecule is CC(C)NC(=O)c1cc(N)cc(-c2cnc(NC(C)C)c(=O)n2CC(=O)NCc2ccc(C3=NOCC(C(C)(Cl)Cl)=N3)cc2)c1. The van der Waals surface area contributed by atoms with E-state index in [2.05, 4.69) is 31.1 Å². The highest BCUT2D eigenvalue weighted by atomic mass is 35.5. The summed E-state index contributed by atoms with van der Waals surface area (Å²) in [6.07, 6.45) is 1.49. The number of nitrogen functional groups attached to an aromatic ring is 1. The first-order chi connectivity index (χ1) is 21.2. The number of alkyl halides is 2. The molecule has 5 N–H and O–H groups in total. The lowest BCUT2D eigenvalue weighted by Gasteiger charge is -2.19. The average molecular weight is 656 g/mol. The lowest BCUT2D eigenvalue weighted by atomic mass is 10.1. The molecule has 0 atom stereocenters. The van der Waals surface area contributed by atoms with E-state index >= 15 is 0 Å². The average Bonchev–Trinajstić information content (AvgIpc) is 2.97. The number of hydrogen-bond donors (Lipinski definition) is 4. The van der Waals surface area contributed by atoms with Crippen LogP contribution in [-0.2, 0) is 22.7 Å². The molecular weight excluding hydrogens is 619 g/mol. The maximum atomic E-state index is 13.5. The molecule has 2 aromatic carbocycles. The molecule has 14 heteroatoms. The highest BCUT2D eigenvalue weighted by molar-refractivity contribution is 6.59. The third kappa shape index (κ3) is 8.83. The van der Waals surface area contributed by atoms with Crippen molar-refractivity contribution in [1.29, 1.82) is 0 Å². The third-order valence-corrected chi connectivity index (χ3v) is 6.95. The first-order valence-corrected chi connectivity index (χ1v) is 15.1. The molecule has 0 saturated heterocycles. The van der Waals surface area contributed by atoms with E-state index in [9.17, 15) is 14.4 Å². The zero-order valence-corrected chi connectivity index (χ0v) is 27.2. The Balaban J connectivity index is 1.55. The normalized spacial score (nSPS) is 13.2. The van der Waals surface area contributed by atoms with Gasteiger partial charge in [-0.15, -0.1) is 0 Å². The van der Waals surface area contributed by atoms with Gasteiger partial charge in [0.1, 0.15) is 6.54 Å². The summed E-state index contributed by atoms with van der Waals surface area (Å²) < 4.78 is 0.124. The molecule has 1 aromatic heterocycles. The Labute approximate surface area is 271 Å². The summed E-state index contributed by atoms with van der Waals surface area (Å²) in [5.74, 6) is -0.285. The van der Waals surface area contributed by atoms with E-state index in [0.717, 1.165) is 5.56 Å². The number of amides is 2. The quantitative estimate of drug-likeness (QED) is 0.178. The van der Waals surface area contributed by atoms with E-state index in [1.807, 2.05) is 39.8 Å². The van der Waals surface area contributed by atoms with Gasteiger partial charge in [0.15, 0.2) is 22.6 Å². The van der Waals surface area contributed by atoms with E-state index < -0.39 is 15.8 Å². The van der Waals surface area contributed by atoms with Crippen molar-refractivity contribution in [3.8, 4) is 11.3 Å². The van der Waals surface area contributed by atoms with E-state index in [4.69, 9.17) is 33.8 Å². The fourth-order valence-corrected chi connectivity index (χ4v) is 4.57. The van der Waals surface area contributed by atoms with Crippen LogP contribution in [0.1, 0.15) is 56.1 Å². The first-order valence-electron chi connectivity index (χ1n) is 14.3. The summed E-state index contributed by atoms with van der Waals surface area (Å²) in [5.41, 5.74) is 9.02. The summed E-state index contributed by atoms with van der Waals surface area (Å²) in [7, 11) is 0. The molecule has 45 heavy (non-hydrogen) atoms. The van der Waals surface area contributed by atoms with Gasteiger partial charge in [-0.3, -0.25) is 19.0 Å². The molecule has 0 radical (unpaired) electrons. The number of carbonyl (C=O) groups excluding carboxylic acids is 2. The molecule has 2 heterocycles. The largest absolute Gasteiger partial charge is 0.399 e. The van der Waals surface area contributed by atoms with Crippen LogP contribution < -0.4 is 27.2 Å². The Morgan fingerprint density at radius 1 is 1.07 bits per heavy atom. The van der Waals surface area contributed by atoms with Gasteiger partial charge in [-0.2, -0.15) is 0 Å². The molecule has 1 aliphatic heterocycles. The number of oxime groups is 1. The van der Waals surface area contributed by atoms with Crippen LogP contribution in [-0.4, -0.2) is 55.9 Å². The monoisotopic (exact) mass is 654 g/mol. The maximum absolute atomic E-state index is 13.5. The molecular formula is C31H36Cl2N8O4. The molecule has 3 aromatic rings. The van der Waals surface area contributed by atoms with E-state index in [-0.39, 0.29) is 43.5 Å². The number of amidine groups is 1. The Hall–Kier alpha value is -4.42. The van der Waals surface area contributed by atoms with Crippen LogP contribution >= 0.6 is 23.2 Å². The number of nitrogens with zero attached hydrogens (tertiary/aromatic N) is 4. The summed E-state index contributed by atoms with van der Waals surface area (Å²) >= 11 is 12.3. The summed E-state index contributed by atoms with van der Waals surface area (Å²) in [4.78, 5) is 53.4. The van der Waals surface area contributed by atoms with Crippen LogP contribution in [0.4, 0.5) is 11.5 Å². The number of nitrogens with one attached hydrogen (secondary N) is 3. The van der Waals surface area contributed by atoms with Gasteiger partial charge in [0, 0.05) is 41.0 Å². The summed E-state index contributed by atoms with van der Waals surface area (Å²) in [6.45, 7) is 9.05. The third-order valence-electron chi connectivity index (χ3n) is 6.52. The lowest BCUT2D eigenvalue weighted by Crippen LogP contribution is -2.35. The summed E-state index contributed by atoms with van der Waals surface area (Å²) in [6, 6.07) is 11.8. The zero-order chi connectivity index (χ0) is 32.9. The van der Waals surface area contributed by atoms with Gasteiger partial charge in [-0.1, -0.05) is 52.6 Å². The van der Waals surface area contributed by atoms with Crippen molar-refractivity contribution in [2.45, 2.75) is 64.1 Å². The van der Waals surface area contributed by atoms with E-state index in [0.29, 0.717) is 39.6 Å². The Bertz CT molecular complexity index is 1690. The van der Waals surface area contributed by atoms with Gasteiger partial charge >= 0.3 is 0 Å². The van der Waals surface area contributed by atoms with E-state index in [1.54, 1.807) is 37.3 Å². The fraction of sp³-hybridized carbons (Fsp3) is 0.355. The molecule has 238 valence electrons. The number of benzene rings is 2. The van der Waals surface area contributed by atoms with Gasteiger partial charge in [0.25, 0.3) is 11.5 Å². The number of hydrogen-bond acceptors (Lipinski definition) is 9. The van der Waals surface area contributed by atoms with Crippen molar-refractivity contribution in [1.82, 2.24) is 20.2 Å². The van der Waals surface area contributed by atoms with Gasteiger partial charge in [-0.05, 0) is 58.4 Å². The predicted molar refractivity (Wildman–Crippen MR) is 178 cm³/mol. The number of aromatic nitrogens is 2. The van der Waals surface area contributed by atoms with Crippen molar-refractivity contribution < 1.29 is 14.4 Å². The van der Waals surface area contributed by atoms with Crippen LogP contribution in [0.5, 0.6) is 0 Å². The molecule has 0 unspecified atom stereocenters. The standard InChI is InChI=1S/C31H36Cl2N8O4/c1-17(2)37-28-30(44)41(24(14-36-28)21-10-22(12-23(34)11-21)29(43)38-18(3)4)15-26(42)35-13-19-6-8-20(9-7-19)27-39-25(16-45-40-27)31(5,32)33/h6-12,14,17-18H,13,15-16,34H2,1-5H3,(H,35,42)(H,36,37)(H,38,43). The molecule has 0 aliphatic carbocycles. The van der Waals surface area contributed by atoms with Crippen molar-refractivity contribution in [2.75, 3.05) is 17.7 Å². The molecule has 1 aliphatic rings. The van der Waals surface area contributed by atoms with Crippen molar-refractivity contribution in [3.63, 3.8) is 0 Å². The van der Waals surface area contributed by atoms with Crippen molar-refractivity contribution in [2.24, 2.45) is 10.1 Å². The number of rotatable bonds is 11. The Morgan fingerprint density at radius 3 is 2.42 bits per heavy atom. The fourth-order valence-electron chi connectivity index (χ4n) is 4.37. The van der Waals surface area contributed by atoms with E-state index in [1.165, 1.54) is 10.8 Å². The zero-order valence-electron chi connectivity index (χ0n) is 25.6. The molecule has 0 saturated carbocycles.